The van der Waals surface area contributed by atoms with Gasteiger partial charge in [-0.1, -0.05) is 44.2 Å². The first kappa shape index (κ1) is 18.0. The molecule has 1 heterocycles. The Labute approximate surface area is 134 Å². The van der Waals surface area contributed by atoms with E-state index in [0.29, 0.717) is 18.4 Å². The Morgan fingerprint density at radius 1 is 1.38 bits per heavy atom. The zero-order valence-corrected chi connectivity index (χ0v) is 13.9. The maximum Gasteiger partial charge on any atom is 0.223 e. The molecular weight excluding hydrogens is 284 g/mol. The summed E-state index contributed by atoms with van der Waals surface area (Å²) in [5, 5.41) is 3.36. The Hall–Kier alpha value is -1.06. The van der Waals surface area contributed by atoms with Gasteiger partial charge in [0.05, 0.1) is 0 Å². The largest absolute Gasteiger partial charge is 0.338 e. The molecule has 21 heavy (non-hydrogen) atoms. The van der Waals surface area contributed by atoms with Crippen molar-refractivity contribution in [2.75, 3.05) is 19.6 Å². The fraction of sp³-hybridized carbons (Fsp3) is 0.588. The molecule has 0 saturated carbocycles. The van der Waals surface area contributed by atoms with Crippen molar-refractivity contribution in [3.63, 3.8) is 0 Å². The monoisotopic (exact) mass is 310 g/mol. The van der Waals surface area contributed by atoms with Gasteiger partial charge in [-0.25, -0.2) is 0 Å². The number of benzene rings is 1. The molecule has 118 valence electrons. The van der Waals surface area contributed by atoms with Crippen molar-refractivity contribution in [1.29, 1.82) is 0 Å². The average molecular weight is 311 g/mol. The van der Waals surface area contributed by atoms with Crippen molar-refractivity contribution < 1.29 is 4.79 Å². The molecule has 1 aliphatic rings. The van der Waals surface area contributed by atoms with Gasteiger partial charge in [-0.05, 0) is 30.9 Å². The molecule has 4 heteroatoms. The van der Waals surface area contributed by atoms with Crippen LogP contribution in [-0.2, 0) is 4.79 Å². The van der Waals surface area contributed by atoms with Crippen LogP contribution in [0.15, 0.2) is 30.3 Å². The number of amides is 1. The second-order valence-electron chi connectivity index (χ2n) is 5.75. The molecular formula is C17H27ClN2O. The SMILES string of the molecule is CCCN(C(=O)CC(C)c1ccccc1)C1CCNC1.Cl. The van der Waals surface area contributed by atoms with Crippen molar-refractivity contribution in [1.82, 2.24) is 10.2 Å². The van der Waals surface area contributed by atoms with E-state index in [4.69, 9.17) is 0 Å². The van der Waals surface area contributed by atoms with Crippen molar-refractivity contribution in [2.24, 2.45) is 0 Å². The molecule has 3 nitrogen and oxygen atoms in total. The van der Waals surface area contributed by atoms with Crippen molar-refractivity contribution in [2.45, 2.75) is 45.1 Å². The molecule has 1 aromatic rings. The topological polar surface area (TPSA) is 32.3 Å². The van der Waals surface area contributed by atoms with E-state index in [2.05, 4.69) is 36.2 Å². The van der Waals surface area contributed by atoms with E-state index in [1.807, 2.05) is 18.2 Å². The molecule has 0 aliphatic carbocycles. The van der Waals surface area contributed by atoms with Crippen LogP contribution in [0, 0.1) is 0 Å². The lowest BCUT2D eigenvalue weighted by Gasteiger charge is -2.29. The number of nitrogens with zero attached hydrogens (tertiary/aromatic N) is 1. The van der Waals surface area contributed by atoms with Crippen LogP contribution in [0.1, 0.15) is 44.6 Å². The summed E-state index contributed by atoms with van der Waals surface area (Å²) in [6.45, 7) is 7.15. The molecule has 1 saturated heterocycles. The minimum Gasteiger partial charge on any atom is -0.338 e. The van der Waals surface area contributed by atoms with Gasteiger partial charge in [0.25, 0.3) is 0 Å². The van der Waals surface area contributed by atoms with Crippen LogP contribution in [0.3, 0.4) is 0 Å². The number of rotatable bonds is 6. The van der Waals surface area contributed by atoms with Crippen LogP contribution in [0.25, 0.3) is 0 Å². The lowest BCUT2D eigenvalue weighted by molar-refractivity contribution is -0.133. The van der Waals surface area contributed by atoms with E-state index < -0.39 is 0 Å². The number of hydrogen-bond donors (Lipinski definition) is 1. The van der Waals surface area contributed by atoms with E-state index >= 15 is 0 Å². The second kappa shape index (κ2) is 9.06. The first-order valence-electron chi connectivity index (χ1n) is 7.77. The fourth-order valence-electron chi connectivity index (χ4n) is 2.94. The number of carbonyl (C=O) groups is 1. The summed E-state index contributed by atoms with van der Waals surface area (Å²) in [6.07, 6.45) is 2.73. The Morgan fingerprint density at radius 2 is 2.10 bits per heavy atom. The highest BCUT2D eigenvalue weighted by atomic mass is 35.5. The average Bonchev–Trinajstić information content (AvgIpc) is 2.99. The molecule has 2 rings (SSSR count). The molecule has 1 N–H and O–H groups in total. The van der Waals surface area contributed by atoms with Gasteiger partial charge in [0.1, 0.15) is 0 Å². The maximum atomic E-state index is 12.6. The Kier molecular flexibility index (Phi) is 7.76. The van der Waals surface area contributed by atoms with Gasteiger partial charge < -0.3 is 10.2 Å². The summed E-state index contributed by atoms with van der Waals surface area (Å²) >= 11 is 0. The molecule has 2 unspecified atom stereocenters. The summed E-state index contributed by atoms with van der Waals surface area (Å²) < 4.78 is 0. The van der Waals surface area contributed by atoms with Gasteiger partial charge in [0.2, 0.25) is 5.91 Å². The fourth-order valence-corrected chi connectivity index (χ4v) is 2.94. The Morgan fingerprint density at radius 3 is 2.67 bits per heavy atom. The maximum absolute atomic E-state index is 12.6. The van der Waals surface area contributed by atoms with Crippen molar-refractivity contribution >= 4 is 18.3 Å². The lowest BCUT2D eigenvalue weighted by atomic mass is 9.97. The summed E-state index contributed by atoms with van der Waals surface area (Å²) in [5.74, 6) is 0.592. The zero-order valence-electron chi connectivity index (χ0n) is 13.0. The minimum atomic E-state index is 0. The lowest BCUT2D eigenvalue weighted by Crippen LogP contribution is -2.42. The predicted octanol–water partition coefficient (Wildman–Crippen LogP) is 3.20. The molecule has 0 bridgehead atoms. The van der Waals surface area contributed by atoms with Gasteiger partial charge in [-0.15, -0.1) is 12.4 Å². The van der Waals surface area contributed by atoms with Crippen LogP contribution in [0.4, 0.5) is 0 Å². The third kappa shape index (κ3) is 5.01. The first-order valence-corrected chi connectivity index (χ1v) is 7.77. The predicted molar refractivity (Wildman–Crippen MR) is 90.0 cm³/mol. The van der Waals surface area contributed by atoms with Crippen LogP contribution < -0.4 is 5.32 Å². The van der Waals surface area contributed by atoms with Crippen LogP contribution in [0.5, 0.6) is 0 Å². The van der Waals surface area contributed by atoms with E-state index in [9.17, 15) is 4.79 Å². The van der Waals surface area contributed by atoms with Gasteiger partial charge in [-0.3, -0.25) is 4.79 Å². The van der Waals surface area contributed by atoms with Crippen LogP contribution in [0.2, 0.25) is 0 Å². The normalized spacial score (nSPS) is 18.9. The van der Waals surface area contributed by atoms with Crippen molar-refractivity contribution in [3.05, 3.63) is 35.9 Å². The highest BCUT2D eigenvalue weighted by Gasteiger charge is 2.26. The van der Waals surface area contributed by atoms with Crippen LogP contribution >= 0.6 is 12.4 Å². The van der Waals surface area contributed by atoms with Crippen LogP contribution in [-0.4, -0.2) is 36.5 Å². The molecule has 0 aromatic heterocycles. The molecule has 0 radical (unpaired) electrons. The quantitative estimate of drug-likeness (QED) is 0.875. The number of hydrogen-bond acceptors (Lipinski definition) is 2. The molecule has 2 atom stereocenters. The van der Waals surface area contributed by atoms with E-state index in [-0.39, 0.29) is 18.3 Å². The molecule has 1 aromatic carbocycles. The van der Waals surface area contributed by atoms with Crippen molar-refractivity contribution in [3.8, 4) is 0 Å². The van der Waals surface area contributed by atoms with E-state index in [1.54, 1.807) is 0 Å². The highest BCUT2D eigenvalue weighted by Crippen LogP contribution is 2.21. The number of carbonyl (C=O) groups excluding carboxylic acids is 1. The Bertz CT molecular complexity index is 418. The minimum absolute atomic E-state index is 0. The van der Waals surface area contributed by atoms with Gasteiger partial charge in [-0.2, -0.15) is 0 Å². The third-order valence-electron chi connectivity index (χ3n) is 4.11. The van der Waals surface area contributed by atoms with E-state index in [0.717, 1.165) is 32.5 Å². The molecule has 1 aliphatic heterocycles. The first-order chi connectivity index (χ1) is 9.72. The second-order valence-corrected chi connectivity index (χ2v) is 5.75. The zero-order chi connectivity index (χ0) is 14.4. The highest BCUT2D eigenvalue weighted by molar-refractivity contribution is 5.85. The third-order valence-corrected chi connectivity index (χ3v) is 4.11. The van der Waals surface area contributed by atoms with Gasteiger partial charge in [0, 0.05) is 25.6 Å². The summed E-state index contributed by atoms with van der Waals surface area (Å²) in [6, 6.07) is 10.7. The van der Waals surface area contributed by atoms with E-state index in [1.165, 1.54) is 5.56 Å². The van der Waals surface area contributed by atoms with Gasteiger partial charge >= 0.3 is 0 Å². The summed E-state index contributed by atoms with van der Waals surface area (Å²) in [7, 11) is 0. The standard InChI is InChI=1S/C17H26N2O.ClH/c1-3-11-19(16-9-10-18-13-16)17(20)12-14(2)15-7-5-4-6-8-15;/h4-8,14,16,18H,3,9-13H2,1-2H3;1H. The number of halogens is 1. The summed E-state index contributed by atoms with van der Waals surface area (Å²) in [4.78, 5) is 14.7. The van der Waals surface area contributed by atoms with Gasteiger partial charge in [0.15, 0.2) is 0 Å². The molecule has 1 fully saturated rings. The molecule has 1 amide bonds. The number of nitrogens with one attached hydrogen (secondary N) is 1. The Balaban J connectivity index is 0.00000220. The summed E-state index contributed by atoms with van der Waals surface area (Å²) in [5.41, 5.74) is 1.25. The molecule has 0 spiro atoms. The smallest absolute Gasteiger partial charge is 0.223 e.